The van der Waals surface area contributed by atoms with Crippen LogP contribution in [0.5, 0.6) is 0 Å². The molecule has 0 aromatic carbocycles. The number of aromatic nitrogens is 1. The van der Waals surface area contributed by atoms with Crippen LogP contribution in [0.25, 0.3) is 0 Å². The fourth-order valence-electron chi connectivity index (χ4n) is 2.21. The Kier molecular flexibility index (Phi) is 6.54. The van der Waals surface area contributed by atoms with E-state index in [-0.39, 0.29) is 11.5 Å². The number of aryl methyl sites for hydroxylation is 1. The van der Waals surface area contributed by atoms with E-state index >= 15 is 0 Å². The Morgan fingerprint density at radius 2 is 2.26 bits per heavy atom. The second kappa shape index (κ2) is 8.88. The molecule has 1 aliphatic heterocycles. The quantitative estimate of drug-likeness (QED) is 0.514. The highest BCUT2D eigenvalue weighted by molar-refractivity contribution is 5.97. The Morgan fingerprint density at radius 1 is 1.48 bits per heavy atom. The fraction of sp³-hybridized carbons (Fsp3) is 0.438. The molecule has 3 N–H and O–H groups in total. The van der Waals surface area contributed by atoms with Crippen LogP contribution in [0.3, 0.4) is 0 Å². The normalized spacial score (nSPS) is 15.7. The summed E-state index contributed by atoms with van der Waals surface area (Å²) in [5, 5.41) is 18.1. The number of nitrogens with one attached hydrogen (secondary N) is 3. The van der Waals surface area contributed by atoms with Crippen LogP contribution in [-0.2, 0) is 4.79 Å². The number of carbonyl (C=O) groups is 1. The maximum Gasteiger partial charge on any atom is 0.263 e. The lowest BCUT2D eigenvalue weighted by molar-refractivity contribution is -0.117. The lowest BCUT2D eigenvalue weighted by Gasteiger charge is -2.27. The second-order valence-electron chi connectivity index (χ2n) is 5.35. The maximum absolute atomic E-state index is 12.0. The van der Waals surface area contributed by atoms with Crippen LogP contribution in [0.1, 0.15) is 5.69 Å². The first-order valence-electron chi connectivity index (χ1n) is 7.70. The van der Waals surface area contributed by atoms with Crippen molar-refractivity contribution >= 4 is 11.6 Å². The van der Waals surface area contributed by atoms with Gasteiger partial charge in [-0.25, -0.2) is 0 Å². The molecule has 0 aliphatic carbocycles. The highest BCUT2D eigenvalue weighted by Gasteiger charge is 2.11. The van der Waals surface area contributed by atoms with Gasteiger partial charge in [0.2, 0.25) is 0 Å². The first-order valence-corrected chi connectivity index (χ1v) is 7.70. The zero-order valence-corrected chi connectivity index (χ0v) is 13.3. The number of amides is 1. The number of nitriles is 1. The number of pyridine rings is 1. The van der Waals surface area contributed by atoms with Crippen molar-refractivity contribution in [3.05, 3.63) is 35.8 Å². The first kappa shape index (κ1) is 16.9. The summed E-state index contributed by atoms with van der Waals surface area (Å²) in [6, 6.07) is 5.61. The van der Waals surface area contributed by atoms with Gasteiger partial charge in [-0.3, -0.25) is 14.7 Å². The monoisotopic (exact) mass is 314 g/mol. The van der Waals surface area contributed by atoms with E-state index in [1.165, 1.54) is 6.20 Å². The van der Waals surface area contributed by atoms with Crippen LogP contribution in [0.15, 0.2) is 30.1 Å². The summed E-state index contributed by atoms with van der Waals surface area (Å²) in [5.74, 6) is -0.366. The second-order valence-corrected chi connectivity index (χ2v) is 5.35. The molecule has 2 heterocycles. The molecule has 1 aliphatic rings. The summed E-state index contributed by atoms with van der Waals surface area (Å²) in [5.41, 5.74) is 1.69. The van der Waals surface area contributed by atoms with Crippen LogP contribution >= 0.6 is 0 Å². The third kappa shape index (κ3) is 5.70. The van der Waals surface area contributed by atoms with Crippen LogP contribution < -0.4 is 16.0 Å². The van der Waals surface area contributed by atoms with Crippen molar-refractivity contribution in [1.29, 1.82) is 5.26 Å². The highest BCUT2D eigenvalue weighted by atomic mass is 16.1. The van der Waals surface area contributed by atoms with Gasteiger partial charge >= 0.3 is 0 Å². The van der Waals surface area contributed by atoms with Crippen LogP contribution in [0.2, 0.25) is 0 Å². The van der Waals surface area contributed by atoms with Crippen molar-refractivity contribution < 1.29 is 4.79 Å². The standard InChI is InChI=1S/C16H22N6O/c1-13-2-3-15(12-20-13)21-11-14(10-17)16(23)19-6-9-22-7-4-18-5-8-22/h2-3,11-12,18,21H,4-9H2,1H3,(H,19,23)/b14-11-. The SMILES string of the molecule is Cc1ccc(N/C=C(/C#N)C(=O)NCCN2CCNCC2)cn1. The molecule has 1 aromatic rings. The summed E-state index contributed by atoms with van der Waals surface area (Å²) in [6.07, 6.45) is 3.07. The molecule has 0 spiro atoms. The molecule has 1 fully saturated rings. The molecule has 0 atom stereocenters. The zero-order valence-electron chi connectivity index (χ0n) is 13.3. The van der Waals surface area contributed by atoms with Crippen LogP contribution in [-0.4, -0.2) is 55.1 Å². The van der Waals surface area contributed by atoms with Gasteiger partial charge in [0.25, 0.3) is 5.91 Å². The van der Waals surface area contributed by atoms with Crippen molar-refractivity contribution in [2.24, 2.45) is 0 Å². The third-order valence-corrected chi connectivity index (χ3v) is 3.58. The summed E-state index contributed by atoms with van der Waals surface area (Å²) >= 11 is 0. The van der Waals surface area contributed by atoms with Crippen molar-refractivity contribution in [3.63, 3.8) is 0 Å². The molecule has 7 heteroatoms. The van der Waals surface area contributed by atoms with Crippen molar-refractivity contribution in [2.45, 2.75) is 6.92 Å². The summed E-state index contributed by atoms with van der Waals surface area (Å²) < 4.78 is 0. The molecule has 0 bridgehead atoms. The van der Waals surface area contributed by atoms with Crippen molar-refractivity contribution in [2.75, 3.05) is 44.6 Å². The largest absolute Gasteiger partial charge is 0.359 e. The topological polar surface area (TPSA) is 93.1 Å². The smallest absolute Gasteiger partial charge is 0.263 e. The molecule has 1 amide bonds. The molecule has 0 saturated carbocycles. The minimum atomic E-state index is -0.366. The summed E-state index contributed by atoms with van der Waals surface area (Å²) in [4.78, 5) is 18.4. The van der Waals surface area contributed by atoms with Gasteiger partial charge in [0.15, 0.2) is 0 Å². The Balaban J connectivity index is 1.79. The van der Waals surface area contributed by atoms with Gasteiger partial charge in [-0.2, -0.15) is 5.26 Å². The Morgan fingerprint density at radius 3 is 2.91 bits per heavy atom. The number of hydrogen-bond acceptors (Lipinski definition) is 6. The predicted molar refractivity (Wildman–Crippen MR) is 88.6 cm³/mol. The number of carbonyl (C=O) groups excluding carboxylic acids is 1. The molecule has 2 rings (SSSR count). The summed E-state index contributed by atoms with van der Waals surface area (Å²) in [7, 11) is 0. The van der Waals surface area contributed by atoms with Gasteiger partial charge < -0.3 is 16.0 Å². The van der Waals surface area contributed by atoms with Crippen molar-refractivity contribution in [1.82, 2.24) is 20.5 Å². The minimum Gasteiger partial charge on any atom is -0.359 e. The van der Waals surface area contributed by atoms with Gasteiger partial charge in [0, 0.05) is 51.2 Å². The summed E-state index contributed by atoms with van der Waals surface area (Å²) in [6.45, 7) is 7.15. The minimum absolute atomic E-state index is 0.0471. The number of nitrogens with zero attached hydrogens (tertiary/aromatic N) is 3. The van der Waals surface area contributed by atoms with Gasteiger partial charge in [-0.15, -0.1) is 0 Å². The molecule has 0 radical (unpaired) electrons. The van der Waals surface area contributed by atoms with Crippen LogP contribution in [0, 0.1) is 18.3 Å². The highest BCUT2D eigenvalue weighted by Crippen LogP contribution is 2.06. The molecule has 23 heavy (non-hydrogen) atoms. The van der Waals surface area contributed by atoms with Gasteiger partial charge in [0.05, 0.1) is 11.9 Å². The van der Waals surface area contributed by atoms with Gasteiger partial charge in [-0.05, 0) is 19.1 Å². The average molecular weight is 314 g/mol. The van der Waals surface area contributed by atoms with E-state index in [1.54, 1.807) is 6.20 Å². The molecule has 1 saturated heterocycles. The number of hydrogen-bond donors (Lipinski definition) is 3. The van der Waals surface area contributed by atoms with E-state index in [0.717, 1.165) is 44.1 Å². The molecule has 0 unspecified atom stereocenters. The van der Waals surface area contributed by atoms with E-state index in [9.17, 15) is 4.79 Å². The fourth-order valence-corrected chi connectivity index (χ4v) is 2.21. The zero-order chi connectivity index (χ0) is 16.5. The van der Waals surface area contributed by atoms with Gasteiger partial charge in [0.1, 0.15) is 11.6 Å². The van der Waals surface area contributed by atoms with E-state index in [4.69, 9.17) is 5.26 Å². The Hall–Kier alpha value is -2.43. The van der Waals surface area contributed by atoms with E-state index in [0.29, 0.717) is 6.54 Å². The van der Waals surface area contributed by atoms with Crippen LogP contribution in [0.4, 0.5) is 5.69 Å². The lowest BCUT2D eigenvalue weighted by atomic mass is 10.3. The molecule has 7 nitrogen and oxygen atoms in total. The van der Waals surface area contributed by atoms with Gasteiger partial charge in [-0.1, -0.05) is 0 Å². The Labute approximate surface area is 136 Å². The Bertz CT molecular complexity index is 584. The van der Waals surface area contributed by atoms with Crippen molar-refractivity contribution in [3.8, 4) is 6.07 Å². The average Bonchev–Trinajstić information content (AvgIpc) is 2.58. The number of piperazine rings is 1. The van der Waals surface area contributed by atoms with E-state index in [1.807, 2.05) is 25.1 Å². The molecular formula is C16H22N6O. The molecule has 1 aromatic heterocycles. The van der Waals surface area contributed by atoms with E-state index < -0.39 is 0 Å². The lowest BCUT2D eigenvalue weighted by Crippen LogP contribution is -2.46. The third-order valence-electron chi connectivity index (χ3n) is 3.58. The maximum atomic E-state index is 12.0. The molecule has 122 valence electrons. The van der Waals surface area contributed by atoms with E-state index in [2.05, 4.69) is 25.8 Å². The number of rotatable bonds is 6. The first-order chi connectivity index (χ1) is 11.2. The predicted octanol–water partition coefficient (Wildman–Crippen LogP) is 0.231. The number of anilines is 1. The molecular weight excluding hydrogens is 292 g/mol.